The van der Waals surface area contributed by atoms with Crippen molar-refractivity contribution < 1.29 is 41.3 Å². The molecule has 6 heterocycles. The number of benzene rings is 1. The number of nitrogens with zero attached hydrogens (tertiary/aromatic N) is 7. The van der Waals surface area contributed by atoms with Gasteiger partial charge in [-0.05, 0) is 67.2 Å². The van der Waals surface area contributed by atoms with E-state index >= 15 is 0 Å². The van der Waals surface area contributed by atoms with E-state index in [-0.39, 0.29) is 66.2 Å². The lowest BCUT2D eigenvalue weighted by Gasteiger charge is -2.33. The Morgan fingerprint density at radius 1 is 1.22 bits per heavy atom. The van der Waals surface area contributed by atoms with Gasteiger partial charge in [0.2, 0.25) is 0 Å². The van der Waals surface area contributed by atoms with E-state index < -0.39 is 40.4 Å². The Balaban J connectivity index is 1.16. The number of ether oxygens (including phenoxy) is 2. The van der Waals surface area contributed by atoms with Gasteiger partial charge in [0.15, 0.2) is 11.4 Å². The molecule has 1 saturated carbocycles. The Labute approximate surface area is 312 Å². The predicted octanol–water partition coefficient (Wildman–Crippen LogP) is 5.96. The predicted molar refractivity (Wildman–Crippen MR) is 186 cm³/mol. The molecule has 3 fully saturated rings. The number of rotatable bonds is 7. The van der Waals surface area contributed by atoms with Crippen molar-refractivity contribution in [1.29, 1.82) is 0 Å². The molecular formula is C36H40ClF5N8O4. The minimum Gasteiger partial charge on any atom is -0.504 e. The van der Waals surface area contributed by atoms with Crippen molar-refractivity contribution in [3.8, 4) is 11.8 Å². The molecule has 1 aliphatic carbocycles. The van der Waals surface area contributed by atoms with E-state index in [1.165, 1.54) is 11.0 Å². The largest absolute Gasteiger partial charge is 0.504 e. The lowest BCUT2D eigenvalue weighted by atomic mass is 9.86. The Hall–Kier alpha value is -4.22. The number of hydrogen-bond acceptors (Lipinski definition) is 10. The third-order valence-electron chi connectivity index (χ3n) is 11.5. The standard InChI is InChI=1S/C36H40ClF5N8O4/c1-47(2)32(52)29-30(51)25-14-48(6-3-7-50(25)46-29)31-22-15-53-26(21-9-20(43)10-23(37)28(21)36(40,41)42)11-24(22)44-33(45-31)54-18-35-12-19(8-27(38)39)13-49(35)17-34(16-35)4-5-34/h8-10,19,26,51H,3-7,11-18,43H2,1-2H3/t19-,26?,35-/m0/s1. The Morgan fingerprint density at radius 3 is 2.70 bits per heavy atom. The van der Waals surface area contributed by atoms with Crippen molar-refractivity contribution in [3.63, 3.8) is 0 Å². The average molecular weight is 779 g/mol. The van der Waals surface area contributed by atoms with E-state index in [4.69, 9.17) is 36.8 Å². The molecule has 3 atom stereocenters. The van der Waals surface area contributed by atoms with E-state index in [9.17, 15) is 31.9 Å². The van der Waals surface area contributed by atoms with Crippen LogP contribution in [0.1, 0.15) is 76.8 Å². The van der Waals surface area contributed by atoms with E-state index in [1.54, 1.807) is 18.8 Å². The van der Waals surface area contributed by atoms with Crippen LogP contribution in [0, 0.1) is 11.3 Å². The van der Waals surface area contributed by atoms with Gasteiger partial charge in [0, 0.05) is 57.9 Å². The van der Waals surface area contributed by atoms with E-state index in [1.807, 2.05) is 4.90 Å². The summed E-state index contributed by atoms with van der Waals surface area (Å²) in [6, 6.07) is 2.25. The molecular weight excluding hydrogens is 739 g/mol. The lowest BCUT2D eigenvalue weighted by molar-refractivity contribution is -0.139. The third-order valence-corrected chi connectivity index (χ3v) is 11.8. The van der Waals surface area contributed by atoms with Gasteiger partial charge in [0.25, 0.3) is 12.0 Å². The highest BCUT2D eigenvalue weighted by molar-refractivity contribution is 6.31. The molecule has 5 aliphatic rings. The topological polar surface area (TPSA) is 135 Å². The number of anilines is 2. The summed E-state index contributed by atoms with van der Waals surface area (Å²) in [5, 5.41) is 15.0. The summed E-state index contributed by atoms with van der Waals surface area (Å²) in [7, 11) is 3.12. The van der Waals surface area contributed by atoms with Gasteiger partial charge in [-0.15, -0.1) is 0 Å². The number of halogens is 6. The highest BCUT2D eigenvalue weighted by Gasteiger charge is 2.62. The molecule has 0 bridgehead atoms. The summed E-state index contributed by atoms with van der Waals surface area (Å²) in [4.78, 5) is 27.9. The number of nitrogens with two attached hydrogens (primary N) is 1. The molecule has 3 aromatic rings. The molecule has 1 amide bonds. The normalized spacial score (nSPS) is 24.5. The second kappa shape index (κ2) is 13.2. The van der Waals surface area contributed by atoms with Crippen LogP contribution in [0.15, 0.2) is 24.3 Å². The molecule has 8 rings (SSSR count). The number of nitrogen functional groups attached to an aromatic ring is 1. The maximum absolute atomic E-state index is 14.3. The second-order valence-electron chi connectivity index (χ2n) is 15.6. The Bertz CT molecular complexity index is 2030. The zero-order valence-corrected chi connectivity index (χ0v) is 30.5. The van der Waals surface area contributed by atoms with E-state index in [0.29, 0.717) is 55.2 Å². The van der Waals surface area contributed by atoms with Crippen LogP contribution in [0.4, 0.5) is 33.5 Å². The number of aryl methyl sites for hydroxylation is 1. The van der Waals surface area contributed by atoms with Crippen LogP contribution >= 0.6 is 11.6 Å². The number of carbonyl (C=O) groups excluding carboxylic acids is 1. The summed E-state index contributed by atoms with van der Waals surface area (Å²) >= 11 is 6.10. The molecule has 290 valence electrons. The number of hydrogen-bond donors (Lipinski definition) is 2. The van der Waals surface area contributed by atoms with E-state index in [0.717, 1.165) is 37.9 Å². The van der Waals surface area contributed by atoms with Crippen molar-refractivity contribution in [3.05, 3.63) is 63.1 Å². The van der Waals surface area contributed by atoms with Crippen molar-refractivity contribution in [1.82, 2.24) is 29.5 Å². The van der Waals surface area contributed by atoms with Crippen molar-refractivity contribution in [2.24, 2.45) is 11.3 Å². The summed E-state index contributed by atoms with van der Waals surface area (Å²) < 4.78 is 83.8. The maximum Gasteiger partial charge on any atom is 0.418 e. The molecule has 1 spiro atoms. The Kier molecular flexibility index (Phi) is 8.99. The molecule has 54 heavy (non-hydrogen) atoms. The average Bonchev–Trinajstić information content (AvgIpc) is 3.63. The van der Waals surface area contributed by atoms with Crippen LogP contribution in [0.25, 0.3) is 0 Å². The molecule has 4 aliphatic heterocycles. The number of fused-ring (bicyclic) bond motifs is 3. The summed E-state index contributed by atoms with van der Waals surface area (Å²) in [5.41, 5.74) is 5.63. The van der Waals surface area contributed by atoms with Gasteiger partial charge in [-0.2, -0.15) is 37.0 Å². The van der Waals surface area contributed by atoms with E-state index in [2.05, 4.69) is 10.00 Å². The van der Waals surface area contributed by atoms with Crippen molar-refractivity contribution in [2.45, 2.75) is 76.0 Å². The molecule has 2 saturated heterocycles. The molecule has 1 aromatic carbocycles. The number of amides is 1. The van der Waals surface area contributed by atoms with Gasteiger partial charge in [-0.1, -0.05) is 11.6 Å². The highest BCUT2D eigenvalue weighted by Crippen LogP contribution is 2.61. The van der Waals surface area contributed by atoms with Crippen LogP contribution in [-0.2, 0) is 37.0 Å². The summed E-state index contributed by atoms with van der Waals surface area (Å²) in [6.07, 6.45) is -2.72. The number of alkyl halides is 3. The second-order valence-corrected chi connectivity index (χ2v) is 16.0. The van der Waals surface area contributed by atoms with Gasteiger partial charge < -0.3 is 30.1 Å². The van der Waals surface area contributed by atoms with Crippen molar-refractivity contribution >= 4 is 29.0 Å². The molecule has 12 nitrogen and oxygen atoms in total. The number of carbonyl (C=O) groups is 1. The van der Waals surface area contributed by atoms with Gasteiger partial charge in [-0.3, -0.25) is 14.4 Å². The lowest BCUT2D eigenvalue weighted by Crippen LogP contribution is -2.43. The number of aromatic nitrogens is 4. The fraction of sp³-hybridized carbons (Fsp3) is 0.556. The van der Waals surface area contributed by atoms with Gasteiger partial charge in [0.05, 0.1) is 41.1 Å². The zero-order valence-electron chi connectivity index (χ0n) is 29.7. The molecule has 2 aromatic heterocycles. The SMILES string of the molecule is CN(C)C(=O)c1nn2c(c1O)CN(c1nc(OC[C@@]34C[C@H](C=C(F)F)CN3CC3(CC3)C4)nc3c1COC(c1cc(N)cc(Cl)c1C(F)(F)F)C3)CCC2. The molecule has 18 heteroatoms. The van der Waals surface area contributed by atoms with Crippen LogP contribution in [-0.4, -0.2) is 86.4 Å². The first kappa shape index (κ1) is 36.7. The minimum atomic E-state index is -4.79. The maximum atomic E-state index is 14.3. The minimum absolute atomic E-state index is 0.0155. The summed E-state index contributed by atoms with van der Waals surface area (Å²) in [5.74, 6) is -0.643. The van der Waals surface area contributed by atoms with Crippen LogP contribution in [0.3, 0.4) is 0 Å². The van der Waals surface area contributed by atoms with Crippen molar-refractivity contribution in [2.75, 3.05) is 51.0 Å². The van der Waals surface area contributed by atoms with Gasteiger partial charge in [0.1, 0.15) is 18.1 Å². The van der Waals surface area contributed by atoms with Gasteiger partial charge in [-0.25, -0.2) is 0 Å². The fourth-order valence-electron chi connectivity index (χ4n) is 8.93. The zero-order chi connectivity index (χ0) is 38.3. The first-order valence-corrected chi connectivity index (χ1v) is 18.3. The Morgan fingerprint density at radius 2 is 2.00 bits per heavy atom. The van der Waals surface area contributed by atoms with Crippen LogP contribution in [0.5, 0.6) is 11.8 Å². The monoisotopic (exact) mass is 778 g/mol. The third kappa shape index (κ3) is 6.61. The van der Waals surface area contributed by atoms with Gasteiger partial charge >= 0.3 is 12.2 Å². The number of aromatic hydroxyl groups is 1. The highest BCUT2D eigenvalue weighted by atomic mass is 35.5. The first-order chi connectivity index (χ1) is 25.5. The fourth-order valence-corrected chi connectivity index (χ4v) is 9.27. The summed E-state index contributed by atoms with van der Waals surface area (Å²) in [6.45, 7) is 2.21. The first-order valence-electron chi connectivity index (χ1n) is 17.9. The quantitative estimate of drug-likeness (QED) is 0.219. The molecule has 0 radical (unpaired) electrons. The molecule has 3 N–H and O–H groups in total. The van der Waals surface area contributed by atoms with Crippen LogP contribution in [0.2, 0.25) is 5.02 Å². The van der Waals surface area contributed by atoms with Crippen LogP contribution < -0.4 is 15.4 Å². The molecule has 1 unspecified atom stereocenters. The smallest absolute Gasteiger partial charge is 0.418 e.